The van der Waals surface area contributed by atoms with Crippen LogP contribution in [-0.4, -0.2) is 35.7 Å². The Morgan fingerprint density at radius 3 is 1.76 bits per heavy atom. The molecule has 2 aromatic carbocycles. The van der Waals surface area contributed by atoms with Crippen molar-refractivity contribution < 1.29 is 34.9 Å². The molecule has 186 valence electrons. The van der Waals surface area contributed by atoms with Gasteiger partial charge in [-0.2, -0.15) is 0 Å². The summed E-state index contributed by atoms with van der Waals surface area (Å²) in [4.78, 5) is 2.39. The Hall–Kier alpha value is -2.12. The van der Waals surface area contributed by atoms with E-state index in [1.165, 1.54) is 16.8 Å². The molecule has 0 spiro atoms. The minimum atomic E-state index is -10.7. The van der Waals surface area contributed by atoms with Gasteiger partial charge in [0, 0.05) is 11.1 Å². The number of hydrogen-bond acceptors (Lipinski definition) is 2. The summed E-state index contributed by atoms with van der Waals surface area (Å²) in [6, 6.07) is 17.0. The molecule has 0 fully saturated rings. The number of para-hydroxylation sites is 1. The summed E-state index contributed by atoms with van der Waals surface area (Å²) >= 11 is 0. The van der Waals surface area contributed by atoms with Crippen LogP contribution in [0.25, 0.3) is 0 Å². The number of halogens is 6. The summed E-state index contributed by atoms with van der Waals surface area (Å²) in [6.45, 7) is 11.0. The first-order valence-electron chi connectivity index (χ1n) is 10.7. The Morgan fingerprint density at radius 1 is 0.848 bits per heavy atom. The first-order chi connectivity index (χ1) is 15.0. The van der Waals surface area contributed by atoms with Crippen LogP contribution in [0.3, 0.4) is 0 Å². The first-order valence-corrected chi connectivity index (χ1v) is 12.7. The minimum absolute atomic E-state index is 0.00918. The van der Waals surface area contributed by atoms with Crippen molar-refractivity contribution >= 4 is 19.8 Å². The summed E-state index contributed by atoms with van der Waals surface area (Å²) < 4.78 is 61.5. The van der Waals surface area contributed by atoms with Crippen molar-refractivity contribution in [2.75, 3.05) is 24.6 Å². The second kappa shape index (κ2) is 9.26. The van der Waals surface area contributed by atoms with E-state index in [0.29, 0.717) is 11.8 Å². The molecule has 1 heterocycles. The molecule has 2 aromatic rings. The molecular formula is C23H31F6N2OP. The van der Waals surface area contributed by atoms with Crippen LogP contribution in [0.1, 0.15) is 62.3 Å². The molecule has 0 saturated heterocycles. The Morgan fingerprint density at radius 2 is 1.33 bits per heavy atom. The molecule has 0 amide bonds. The SMILES string of the molecule is CC(C)c1cccc(C(C)C)c1N1C=[N+]([C@H](CO)c2ccccc2)CC1.F[P-](F)(F)(F)(F)F. The van der Waals surface area contributed by atoms with E-state index in [4.69, 9.17) is 0 Å². The van der Waals surface area contributed by atoms with E-state index in [-0.39, 0.29) is 12.6 Å². The van der Waals surface area contributed by atoms with Crippen molar-refractivity contribution in [1.82, 2.24) is 0 Å². The maximum absolute atomic E-state index is 10.7. The predicted octanol–water partition coefficient (Wildman–Crippen LogP) is 7.91. The summed E-state index contributed by atoms with van der Waals surface area (Å²) in [5.74, 6) is 0.961. The number of benzene rings is 2. The van der Waals surface area contributed by atoms with Crippen LogP contribution in [0.5, 0.6) is 0 Å². The summed E-state index contributed by atoms with van der Waals surface area (Å²) in [5, 5.41) is 10.0. The third kappa shape index (κ3) is 8.97. The molecule has 1 N–H and O–H groups in total. The molecular weight excluding hydrogens is 465 g/mol. The van der Waals surface area contributed by atoms with Gasteiger partial charge in [-0.05, 0) is 17.4 Å². The van der Waals surface area contributed by atoms with Gasteiger partial charge in [-0.3, -0.25) is 4.58 Å². The third-order valence-electron chi connectivity index (χ3n) is 5.27. The second-order valence-electron chi connectivity index (χ2n) is 8.71. The molecule has 10 heteroatoms. The number of rotatable bonds is 6. The van der Waals surface area contributed by atoms with Gasteiger partial charge in [0.1, 0.15) is 24.8 Å². The van der Waals surface area contributed by atoms with Gasteiger partial charge < -0.3 is 5.11 Å². The molecule has 0 unspecified atom stereocenters. The molecule has 1 aliphatic heterocycles. The molecule has 0 radical (unpaired) electrons. The monoisotopic (exact) mass is 496 g/mol. The molecule has 33 heavy (non-hydrogen) atoms. The van der Waals surface area contributed by atoms with E-state index < -0.39 is 7.81 Å². The predicted molar refractivity (Wildman–Crippen MR) is 123 cm³/mol. The van der Waals surface area contributed by atoms with Crippen LogP contribution in [0.2, 0.25) is 0 Å². The molecule has 0 aliphatic carbocycles. The third-order valence-corrected chi connectivity index (χ3v) is 5.27. The zero-order valence-electron chi connectivity index (χ0n) is 19.1. The summed E-state index contributed by atoms with van der Waals surface area (Å²) in [5.41, 5.74) is 5.31. The van der Waals surface area contributed by atoms with Gasteiger partial charge in [-0.25, -0.2) is 4.90 Å². The van der Waals surface area contributed by atoms with Crippen LogP contribution in [-0.2, 0) is 0 Å². The van der Waals surface area contributed by atoms with Crippen LogP contribution >= 0.6 is 7.81 Å². The average molecular weight is 496 g/mol. The van der Waals surface area contributed by atoms with Gasteiger partial charge >= 0.3 is 33.0 Å². The van der Waals surface area contributed by atoms with Gasteiger partial charge in [-0.1, -0.05) is 76.2 Å². The molecule has 0 bridgehead atoms. The maximum atomic E-state index is 10.0. The fourth-order valence-corrected chi connectivity index (χ4v) is 3.84. The van der Waals surface area contributed by atoms with Crippen LogP contribution in [0, 0.1) is 0 Å². The van der Waals surface area contributed by atoms with E-state index in [1.807, 2.05) is 18.2 Å². The molecule has 0 saturated carbocycles. The van der Waals surface area contributed by atoms with Gasteiger partial charge in [0.15, 0.2) is 0 Å². The Bertz CT molecular complexity index is 938. The van der Waals surface area contributed by atoms with E-state index >= 15 is 0 Å². The molecule has 1 aliphatic rings. The van der Waals surface area contributed by atoms with E-state index in [2.05, 4.69) is 73.8 Å². The quantitative estimate of drug-likeness (QED) is 0.250. The number of anilines is 1. The Kier molecular flexibility index (Phi) is 7.61. The number of hydrogen-bond donors (Lipinski definition) is 1. The Labute approximate surface area is 190 Å². The molecule has 0 aromatic heterocycles. The second-order valence-corrected chi connectivity index (χ2v) is 10.6. The number of nitrogens with zero attached hydrogens (tertiary/aromatic N) is 2. The first kappa shape index (κ1) is 27.1. The van der Waals surface area contributed by atoms with Crippen LogP contribution in [0.15, 0.2) is 48.5 Å². The number of aliphatic hydroxyl groups excluding tert-OH is 1. The summed E-state index contributed by atoms with van der Waals surface area (Å²) in [7, 11) is -10.7. The van der Waals surface area contributed by atoms with Crippen molar-refractivity contribution in [1.29, 1.82) is 0 Å². The average Bonchev–Trinajstić information content (AvgIpc) is 3.15. The number of aliphatic hydroxyl groups is 1. The topological polar surface area (TPSA) is 26.5 Å². The van der Waals surface area contributed by atoms with Crippen molar-refractivity contribution in [3.8, 4) is 0 Å². The molecule has 1 atom stereocenters. The van der Waals surface area contributed by atoms with Crippen LogP contribution < -0.4 is 4.90 Å². The van der Waals surface area contributed by atoms with Crippen molar-refractivity contribution in [2.45, 2.75) is 45.6 Å². The zero-order chi connectivity index (χ0) is 25.1. The van der Waals surface area contributed by atoms with Crippen molar-refractivity contribution in [3.63, 3.8) is 0 Å². The van der Waals surface area contributed by atoms with Gasteiger partial charge in [0.05, 0.1) is 6.61 Å². The zero-order valence-corrected chi connectivity index (χ0v) is 20.0. The van der Waals surface area contributed by atoms with Crippen molar-refractivity contribution in [2.24, 2.45) is 0 Å². The van der Waals surface area contributed by atoms with E-state index in [0.717, 1.165) is 18.7 Å². The standard InChI is InChI=1S/C23H31N2O.F6P/c1-17(2)20-11-8-12-21(18(3)4)23(20)25-14-13-24(16-25)22(15-26)19-9-6-5-7-10-19;1-7(2,3,4,5)6/h5-12,16-18,22,26H,13-15H2,1-4H3;/q+1;-1/t22-;/m1./s1. The van der Waals surface area contributed by atoms with Gasteiger partial charge in [-0.15, -0.1) is 0 Å². The van der Waals surface area contributed by atoms with Gasteiger partial charge in [0.2, 0.25) is 6.34 Å². The van der Waals surface area contributed by atoms with Gasteiger partial charge in [0.25, 0.3) is 0 Å². The van der Waals surface area contributed by atoms with Crippen molar-refractivity contribution in [3.05, 3.63) is 65.2 Å². The van der Waals surface area contributed by atoms with E-state index in [1.54, 1.807) is 0 Å². The molecule has 3 nitrogen and oxygen atoms in total. The fourth-order valence-electron chi connectivity index (χ4n) is 3.84. The normalized spacial score (nSPS) is 17.2. The Balaban J connectivity index is 0.000000479. The summed E-state index contributed by atoms with van der Waals surface area (Å²) in [6.07, 6.45) is 2.21. The van der Waals surface area contributed by atoms with E-state index in [9.17, 15) is 30.3 Å². The molecule has 3 rings (SSSR count). The fraction of sp³-hybridized carbons (Fsp3) is 0.435. The van der Waals surface area contributed by atoms with Crippen LogP contribution in [0.4, 0.5) is 30.9 Å².